The van der Waals surface area contributed by atoms with E-state index < -0.39 is 6.10 Å². The largest absolute Gasteiger partial charge is 0.481 e. The van der Waals surface area contributed by atoms with Crippen molar-refractivity contribution in [1.29, 1.82) is 5.26 Å². The molecule has 8 heteroatoms. The minimum atomic E-state index is -0.695. The summed E-state index contributed by atoms with van der Waals surface area (Å²) in [6.45, 7) is 7.71. The van der Waals surface area contributed by atoms with Crippen LogP contribution in [0.4, 0.5) is 17.1 Å². The van der Waals surface area contributed by atoms with E-state index in [2.05, 4.69) is 27.3 Å². The van der Waals surface area contributed by atoms with Crippen LogP contribution >= 0.6 is 0 Å². The Morgan fingerprint density at radius 2 is 1.62 bits per heavy atom. The van der Waals surface area contributed by atoms with Crippen molar-refractivity contribution in [3.8, 4) is 11.8 Å². The lowest BCUT2D eigenvalue weighted by Crippen LogP contribution is -2.38. The van der Waals surface area contributed by atoms with Crippen molar-refractivity contribution >= 4 is 23.0 Å². The van der Waals surface area contributed by atoms with E-state index in [1.807, 2.05) is 12.1 Å². The first kappa shape index (κ1) is 21.9. The van der Waals surface area contributed by atoms with Crippen LogP contribution in [0.1, 0.15) is 12.5 Å². The van der Waals surface area contributed by atoms with Crippen LogP contribution in [0, 0.1) is 11.3 Å². The van der Waals surface area contributed by atoms with Gasteiger partial charge >= 0.3 is 0 Å². The molecule has 1 amide bonds. The zero-order chi connectivity index (χ0) is 22.3. The number of hydrogen-bond acceptors (Lipinski definition) is 7. The highest BCUT2D eigenvalue weighted by atomic mass is 16.5. The van der Waals surface area contributed by atoms with Crippen molar-refractivity contribution in [2.24, 2.45) is 0 Å². The minimum Gasteiger partial charge on any atom is -0.481 e. The summed E-state index contributed by atoms with van der Waals surface area (Å²) in [7, 11) is 0. The predicted octanol–water partition coefficient (Wildman–Crippen LogP) is 2.64. The van der Waals surface area contributed by atoms with Gasteiger partial charge in [0.15, 0.2) is 6.10 Å². The number of nitriles is 1. The highest BCUT2D eigenvalue weighted by Crippen LogP contribution is 2.32. The van der Waals surface area contributed by atoms with Crippen molar-refractivity contribution < 1.29 is 19.0 Å². The van der Waals surface area contributed by atoms with E-state index in [1.165, 1.54) is 0 Å². The standard InChI is InChI=1S/C24H28N4O4/c1-18(32-21-5-2-19(17-25)3-6-21)24(29)26-22-7-4-20(27-8-12-30-13-9-27)16-23(22)28-10-14-31-15-11-28/h2-7,16,18H,8-15H2,1H3,(H,26,29)/t18-/m1/s1. The van der Waals surface area contributed by atoms with Crippen molar-refractivity contribution in [2.45, 2.75) is 13.0 Å². The molecule has 0 spiro atoms. The average molecular weight is 437 g/mol. The molecule has 0 aromatic heterocycles. The van der Waals surface area contributed by atoms with Gasteiger partial charge in [-0.1, -0.05) is 0 Å². The normalized spacial score (nSPS) is 17.4. The topological polar surface area (TPSA) is 87.1 Å². The second-order valence-corrected chi connectivity index (χ2v) is 7.79. The molecule has 2 heterocycles. The summed E-state index contributed by atoms with van der Waals surface area (Å²) < 4.78 is 16.8. The van der Waals surface area contributed by atoms with E-state index in [-0.39, 0.29) is 5.91 Å². The van der Waals surface area contributed by atoms with Gasteiger partial charge in [-0.15, -0.1) is 0 Å². The molecule has 2 saturated heterocycles. The Balaban J connectivity index is 1.50. The van der Waals surface area contributed by atoms with E-state index in [0.717, 1.165) is 56.5 Å². The van der Waals surface area contributed by atoms with Crippen LogP contribution in [0.25, 0.3) is 0 Å². The second kappa shape index (κ2) is 10.4. The van der Waals surface area contributed by atoms with Gasteiger partial charge in [-0.2, -0.15) is 5.26 Å². The Bertz CT molecular complexity index is 961. The van der Waals surface area contributed by atoms with Crippen LogP contribution in [-0.2, 0) is 14.3 Å². The summed E-state index contributed by atoms with van der Waals surface area (Å²) in [4.78, 5) is 17.4. The number of benzene rings is 2. The molecule has 2 aliphatic rings. The Hall–Kier alpha value is -3.28. The zero-order valence-electron chi connectivity index (χ0n) is 18.3. The number of anilines is 3. The number of carbonyl (C=O) groups excluding carboxylic acids is 1. The van der Waals surface area contributed by atoms with E-state index in [9.17, 15) is 4.79 Å². The van der Waals surface area contributed by atoms with Gasteiger partial charge in [-0.3, -0.25) is 4.79 Å². The van der Waals surface area contributed by atoms with Crippen molar-refractivity contribution in [1.82, 2.24) is 0 Å². The number of amides is 1. The van der Waals surface area contributed by atoms with Crippen LogP contribution < -0.4 is 19.9 Å². The first-order chi connectivity index (χ1) is 15.6. The number of nitrogens with one attached hydrogen (secondary N) is 1. The van der Waals surface area contributed by atoms with E-state index in [1.54, 1.807) is 31.2 Å². The lowest BCUT2D eigenvalue weighted by atomic mass is 10.1. The van der Waals surface area contributed by atoms with Gasteiger partial charge < -0.3 is 29.3 Å². The first-order valence-corrected chi connectivity index (χ1v) is 10.9. The fourth-order valence-electron chi connectivity index (χ4n) is 3.81. The highest BCUT2D eigenvalue weighted by Gasteiger charge is 2.22. The Labute approximate surface area is 188 Å². The molecule has 4 rings (SSSR count). The third-order valence-electron chi connectivity index (χ3n) is 5.63. The molecule has 2 fully saturated rings. The minimum absolute atomic E-state index is 0.233. The number of morpholine rings is 2. The summed E-state index contributed by atoms with van der Waals surface area (Å²) in [5, 5.41) is 12.0. The molecule has 168 valence electrons. The molecule has 2 aromatic rings. The number of ether oxygens (including phenoxy) is 3. The van der Waals surface area contributed by atoms with E-state index in [4.69, 9.17) is 19.5 Å². The monoisotopic (exact) mass is 436 g/mol. The molecule has 2 aromatic carbocycles. The van der Waals surface area contributed by atoms with Gasteiger partial charge in [0, 0.05) is 31.9 Å². The Morgan fingerprint density at radius 1 is 1.00 bits per heavy atom. The van der Waals surface area contributed by atoms with Gasteiger partial charge in [-0.25, -0.2) is 0 Å². The van der Waals surface area contributed by atoms with Crippen LogP contribution in [0.3, 0.4) is 0 Å². The van der Waals surface area contributed by atoms with Gasteiger partial charge in [0.2, 0.25) is 0 Å². The SMILES string of the molecule is C[C@@H](Oc1ccc(C#N)cc1)C(=O)Nc1ccc(N2CCOCC2)cc1N1CCOCC1. The van der Waals surface area contributed by atoms with Gasteiger partial charge in [-0.05, 0) is 49.4 Å². The molecule has 2 aliphatic heterocycles. The second-order valence-electron chi connectivity index (χ2n) is 7.79. The molecule has 1 N–H and O–H groups in total. The van der Waals surface area contributed by atoms with Gasteiger partial charge in [0.05, 0.1) is 49.4 Å². The maximum atomic E-state index is 12.9. The third-order valence-corrected chi connectivity index (χ3v) is 5.63. The summed E-state index contributed by atoms with van der Waals surface area (Å²) in [6, 6.07) is 14.9. The summed E-state index contributed by atoms with van der Waals surface area (Å²) >= 11 is 0. The molecule has 1 atom stereocenters. The molecule has 0 bridgehead atoms. The summed E-state index contributed by atoms with van der Waals surface area (Å²) in [6.07, 6.45) is -0.695. The number of hydrogen-bond donors (Lipinski definition) is 1. The van der Waals surface area contributed by atoms with E-state index >= 15 is 0 Å². The lowest BCUT2D eigenvalue weighted by Gasteiger charge is -2.33. The molecular formula is C24H28N4O4. The molecule has 0 radical (unpaired) electrons. The number of rotatable bonds is 6. The van der Waals surface area contributed by atoms with Crippen molar-refractivity contribution in [2.75, 3.05) is 67.7 Å². The van der Waals surface area contributed by atoms with Crippen molar-refractivity contribution in [3.63, 3.8) is 0 Å². The predicted molar refractivity (Wildman–Crippen MR) is 122 cm³/mol. The number of nitrogens with zero attached hydrogens (tertiary/aromatic N) is 3. The van der Waals surface area contributed by atoms with Gasteiger partial charge in [0.25, 0.3) is 5.91 Å². The quantitative estimate of drug-likeness (QED) is 0.745. The third kappa shape index (κ3) is 5.31. The molecule has 32 heavy (non-hydrogen) atoms. The number of carbonyl (C=O) groups is 1. The van der Waals surface area contributed by atoms with Gasteiger partial charge in [0.1, 0.15) is 5.75 Å². The molecular weight excluding hydrogens is 408 g/mol. The molecule has 0 unspecified atom stereocenters. The van der Waals surface area contributed by atoms with Crippen molar-refractivity contribution in [3.05, 3.63) is 48.0 Å². The average Bonchev–Trinajstić information content (AvgIpc) is 2.85. The van der Waals surface area contributed by atoms with E-state index in [0.29, 0.717) is 24.5 Å². The Morgan fingerprint density at radius 3 is 2.25 bits per heavy atom. The highest BCUT2D eigenvalue weighted by molar-refractivity contribution is 5.97. The van der Waals surface area contributed by atoms with Crippen LogP contribution in [-0.4, -0.2) is 64.6 Å². The summed E-state index contributed by atoms with van der Waals surface area (Å²) in [5.41, 5.74) is 3.40. The maximum Gasteiger partial charge on any atom is 0.265 e. The Kier molecular flexibility index (Phi) is 7.10. The molecule has 0 saturated carbocycles. The fourth-order valence-corrected chi connectivity index (χ4v) is 3.81. The maximum absolute atomic E-state index is 12.9. The smallest absolute Gasteiger partial charge is 0.265 e. The van der Waals surface area contributed by atoms with Crippen LogP contribution in [0.15, 0.2) is 42.5 Å². The first-order valence-electron chi connectivity index (χ1n) is 10.9. The summed E-state index contributed by atoms with van der Waals surface area (Å²) in [5.74, 6) is 0.311. The lowest BCUT2D eigenvalue weighted by molar-refractivity contribution is -0.122. The molecule has 8 nitrogen and oxygen atoms in total. The zero-order valence-corrected chi connectivity index (χ0v) is 18.3. The van der Waals surface area contributed by atoms with Crippen LogP contribution in [0.2, 0.25) is 0 Å². The van der Waals surface area contributed by atoms with Crippen LogP contribution in [0.5, 0.6) is 5.75 Å². The molecule has 0 aliphatic carbocycles. The fraction of sp³-hybridized carbons (Fsp3) is 0.417.